The largest absolute Gasteiger partial charge is 0.384 e. The van der Waals surface area contributed by atoms with Gasteiger partial charge in [-0.1, -0.05) is 6.92 Å². The number of halogens is 1. The van der Waals surface area contributed by atoms with Crippen LogP contribution in [0.15, 0.2) is 67.3 Å². The molecule has 5 heterocycles. The first-order valence-electron chi connectivity index (χ1n) is 13.6. The Kier molecular flexibility index (Phi) is 7.32. The van der Waals surface area contributed by atoms with Gasteiger partial charge in [-0.3, -0.25) is 19.9 Å². The molecule has 0 radical (unpaired) electrons. The molecule has 6 rings (SSSR count). The zero-order valence-electron chi connectivity index (χ0n) is 23.5. The van der Waals surface area contributed by atoms with Crippen LogP contribution in [0.1, 0.15) is 13.3 Å². The summed E-state index contributed by atoms with van der Waals surface area (Å²) in [4.78, 5) is 30.8. The van der Waals surface area contributed by atoms with Gasteiger partial charge in [0.2, 0.25) is 5.91 Å². The third-order valence-corrected chi connectivity index (χ3v) is 6.96. The van der Waals surface area contributed by atoms with Crippen LogP contribution in [0.25, 0.3) is 55.7 Å². The number of carbonyl (C=O) groups is 1. The van der Waals surface area contributed by atoms with Crippen LogP contribution >= 0.6 is 0 Å². The first-order valence-corrected chi connectivity index (χ1v) is 13.6. The smallest absolute Gasteiger partial charge is 0.224 e. The summed E-state index contributed by atoms with van der Waals surface area (Å²) in [5.41, 5.74) is 7.26. The number of rotatable bonds is 9. The summed E-state index contributed by atoms with van der Waals surface area (Å²) in [6, 6.07) is 12.6. The quantitative estimate of drug-likeness (QED) is 0.178. The standard InChI is InChI=1S/C31H30FN9O/c1-4-28(42)37-23-11-19(15-33-17-23)20-12-25-30(39-40-31(25)36-16-20)27-14-24-26(38-27)5-6-35-29(24)18-9-21(32)13-22(10-18)34-7-8-41(2)3/h5-6,9-17,34,38H,4,7-8H2,1-3H3,(H,37,42)(H,36,39,40). The van der Waals surface area contributed by atoms with Gasteiger partial charge in [0.25, 0.3) is 0 Å². The zero-order chi connectivity index (χ0) is 29.2. The molecular weight excluding hydrogens is 533 g/mol. The fraction of sp³-hybridized carbons (Fsp3) is 0.194. The molecule has 0 bridgehead atoms. The Balaban J connectivity index is 1.36. The fourth-order valence-corrected chi connectivity index (χ4v) is 4.85. The van der Waals surface area contributed by atoms with Crippen molar-refractivity contribution in [2.75, 3.05) is 37.8 Å². The van der Waals surface area contributed by atoms with Gasteiger partial charge < -0.3 is 20.5 Å². The van der Waals surface area contributed by atoms with Crippen LogP contribution in [0, 0.1) is 5.82 Å². The average Bonchev–Trinajstić information content (AvgIpc) is 3.60. The van der Waals surface area contributed by atoms with Crippen molar-refractivity contribution in [1.82, 2.24) is 35.0 Å². The van der Waals surface area contributed by atoms with Crippen LogP contribution < -0.4 is 10.6 Å². The number of carbonyl (C=O) groups excluding carboxylic acids is 1. The van der Waals surface area contributed by atoms with E-state index < -0.39 is 0 Å². The minimum atomic E-state index is -0.334. The number of nitrogens with zero attached hydrogens (tertiary/aromatic N) is 5. The molecule has 11 heteroatoms. The molecule has 0 unspecified atom stereocenters. The van der Waals surface area contributed by atoms with Crippen LogP contribution in [0.4, 0.5) is 15.8 Å². The predicted octanol–water partition coefficient (Wildman–Crippen LogP) is 5.69. The molecule has 0 aliphatic rings. The lowest BCUT2D eigenvalue weighted by Crippen LogP contribution is -2.20. The Morgan fingerprint density at radius 1 is 0.929 bits per heavy atom. The topological polar surface area (TPSA) is 128 Å². The van der Waals surface area contributed by atoms with Gasteiger partial charge in [0.05, 0.1) is 23.3 Å². The van der Waals surface area contributed by atoms with E-state index in [1.165, 1.54) is 12.1 Å². The number of anilines is 2. The molecule has 42 heavy (non-hydrogen) atoms. The summed E-state index contributed by atoms with van der Waals surface area (Å²) in [5, 5.41) is 15.4. The summed E-state index contributed by atoms with van der Waals surface area (Å²) in [7, 11) is 3.99. The van der Waals surface area contributed by atoms with E-state index in [0.29, 0.717) is 46.9 Å². The van der Waals surface area contributed by atoms with Crippen LogP contribution in [0.5, 0.6) is 0 Å². The summed E-state index contributed by atoms with van der Waals surface area (Å²) < 4.78 is 14.7. The number of aromatic amines is 2. The highest BCUT2D eigenvalue weighted by molar-refractivity contribution is 6.00. The molecule has 212 valence electrons. The van der Waals surface area contributed by atoms with Crippen molar-refractivity contribution in [3.63, 3.8) is 0 Å². The summed E-state index contributed by atoms with van der Waals surface area (Å²) in [5.74, 6) is -0.415. The highest BCUT2D eigenvalue weighted by atomic mass is 19.1. The lowest BCUT2D eigenvalue weighted by molar-refractivity contribution is -0.115. The van der Waals surface area contributed by atoms with E-state index in [2.05, 4.69) is 45.7 Å². The van der Waals surface area contributed by atoms with Crippen molar-refractivity contribution in [3.8, 4) is 33.8 Å². The van der Waals surface area contributed by atoms with Gasteiger partial charge in [-0.05, 0) is 56.6 Å². The third-order valence-electron chi connectivity index (χ3n) is 6.96. The van der Waals surface area contributed by atoms with Crippen molar-refractivity contribution in [3.05, 3.63) is 73.1 Å². The van der Waals surface area contributed by atoms with Crippen molar-refractivity contribution in [2.24, 2.45) is 0 Å². The van der Waals surface area contributed by atoms with Crippen molar-refractivity contribution >= 4 is 39.2 Å². The number of pyridine rings is 3. The minimum Gasteiger partial charge on any atom is -0.384 e. The van der Waals surface area contributed by atoms with E-state index in [9.17, 15) is 9.18 Å². The van der Waals surface area contributed by atoms with Gasteiger partial charge >= 0.3 is 0 Å². The molecule has 0 aliphatic heterocycles. The van der Waals surface area contributed by atoms with Crippen LogP contribution in [-0.2, 0) is 4.79 Å². The number of likely N-dealkylation sites (N-methyl/N-ethyl adjacent to an activating group) is 1. The lowest BCUT2D eigenvalue weighted by atomic mass is 10.1. The molecule has 0 saturated heterocycles. The molecule has 10 nitrogen and oxygen atoms in total. The summed E-state index contributed by atoms with van der Waals surface area (Å²) >= 11 is 0. The number of fused-ring (bicyclic) bond motifs is 2. The zero-order valence-corrected chi connectivity index (χ0v) is 23.5. The van der Waals surface area contributed by atoms with E-state index in [4.69, 9.17) is 0 Å². The predicted molar refractivity (Wildman–Crippen MR) is 164 cm³/mol. The van der Waals surface area contributed by atoms with Gasteiger partial charge in [0.1, 0.15) is 11.5 Å². The number of amides is 1. The average molecular weight is 564 g/mol. The van der Waals surface area contributed by atoms with Gasteiger partial charge in [-0.2, -0.15) is 5.10 Å². The molecule has 0 saturated carbocycles. The van der Waals surface area contributed by atoms with Crippen LogP contribution in [-0.4, -0.2) is 68.1 Å². The van der Waals surface area contributed by atoms with Gasteiger partial charge in [-0.15, -0.1) is 0 Å². The van der Waals surface area contributed by atoms with Crippen molar-refractivity contribution in [2.45, 2.75) is 13.3 Å². The second kappa shape index (κ2) is 11.4. The second-order valence-electron chi connectivity index (χ2n) is 10.3. The second-order valence-corrected chi connectivity index (χ2v) is 10.3. The maximum Gasteiger partial charge on any atom is 0.224 e. The number of benzene rings is 1. The van der Waals surface area contributed by atoms with E-state index in [-0.39, 0.29) is 11.7 Å². The highest BCUT2D eigenvalue weighted by Gasteiger charge is 2.16. The van der Waals surface area contributed by atoms with E-state index in [1.54, 1.807) is 31.7 Å². The Bertz CT molecular complexity index is 1910. The Hall–Kier alpha value is -5.16. The van der Waals surface area contributed by atoms with E-state index >= 15 is 0 Å². The molecule has 6 aromatic rings. The first kappa shape index (κ1) is 27.0. The summed E-state index contributed by atoms with van der Waals surface area (Å²) in [6.45, 7) is 3.32. The van der Waals surface area contributed by atoms with Crippen LogP contribution in [0.2, 0.25) is 0 Å². The molecular formula is C31H30FN9O. The van der Waals surface area contributed by atoms with Crippen molar-refractivity contribution in [1.29, 1.82) is 0 Å². The Morgan fingerprint density at radius 3 is 2.60 bits per heavy atom. The number of H-pyrrole nitrogens is 2. The van der Waals surface area contributed by atoms with Crippen LogP contribution in [0.3, 0.4) is 0 Å². The van der Waals surface area contributed by atoms with E-state index in [1.807, 2.05) is 44.4 Å². The maximum atomic E-state index is 14.7. The number of nitrogens with one attached hydrogen (secondary N) is 4. The Morgan fingerprint density at radius 2 is 1.76 bits per heavy atom. The minimum absolute atomic E-state index is 0.0811. The van der Waals surface area contributed by atoms with Gasteiger partial charge in [0.15, 0.2) is 5.65 Å². The molecule has 1 aromatic carbocycles. The van der Waals surface area contributed by atoms with Gasteiger partial charge in [-0.25, -0.2) is 9.37 Å². The normalized spacial score (nSPS) is 11.5. The monoisotopic (exact) mass is 563 g/mol. The SMILES string of the molecule is CCC(=O)Nc1cncc(-c2cnc3[nH]nc(-c4cc5c(-c6cc(F)cc(NCCN(C)C)c6)nccc5[nH]4)c3c2)c1. The van der Waals surface area contributed by atoms with Gasteiger partial charge in [0, 0.05) is 76.8 Å². The van der Waals surface area contributed by atoms with E-state index in [0.717, 1.165) is 39.7 Å². The third kappa shape index (κ3) is 5.54. The number of aromatic nitrogens is 6. The Labute approximate surface area is 241 Å². The molecule has 5 aromatic heterocycles. The molecule has 1 amide bonds. The van der Waals surface area contributed by atoms with Crippen molar-refractivity contribution < 1.29 is 9.18 Å². The molecule has 0 spiro atoms. The molecule has 4 N–H and O–H groups in total. The number of hydrogen-bond acceptors (Lipinski definition) is 7. The fourth-order valence-electron chi connectivity index (χ4n) is 4.85. The molecule has 0 atom stereocenters. The molecule has 0 fully saturated rings. The maximum absolute atomic E-state index is 14.7. The first-order chi connectivity index (χ1) is 20.4. The lowest BCUT2D eigenvalue weighted by Gasteiger charge is -2.12. The summed E-state index contributed by atoms with van der Waals surface area (Å²) in [6.07, 6.45) is 7.18. The molecule has 0 aliphatic carbocycles. The number of hydrogen-bond donors (Lipinski definition) is 4. The highest BCUT2D eigenvalue weighted by Crippen LogP contribution is 2.35.